The number of hydrogen-bond acceptors (Lipinski definition) is 8. The van der Waals surface area contributed by atoms with E-state index in [1.54, 1.807) is 19.1 Å². The number of para-hydroxylation sites is 1. The molecule has 30 heavy (non-hydrogen) atoms. The number of nitro benzene ring substituents is 1. The van der Waals surface area contributed by atoms with Crippen molar-refractivity contribution in [2.75, 3.05) is 0 Å². The average molecular weight is 409 g/mol. The summed E-state index contributed by atoms with van der Waals surface area (Å²) < 4.78 is 6.09. The van der Waals surface area contributed by atoms with Crippen LogP contribution in [0.15, 0.2) is 35.1 Å². The zero-order chi connectivity index (χ0) is 21.4. The highest BCUT2D eigenvalue weighted by Gasteiger charge is 2.46. The first-order valence-corrected chi connectivity index (χ1v) is 9.23. The van der Waals surface area contributed by atoms with E-state index in [0.717, 1.165) is 4.57 Å². The normalized spacial score (nSPS) is 21.7. The van der Waals surface area contributed by atoms with E-state index in [9.17, 15) is 29.9 Å². The summed E-state index contributed by atoms with van der Waals surface area (Å²) in [6, 6.07) is 7.44. The second-order valence-corrected chi connectivity index (χ2v) is 7.29. The van der Waals surface area contributed by atoms with Gasteiger partial charge in [0.15, 0.2) is 11.8 Å². The molecule has 5 rings (SSSR count). The minimum Gasteiger partial charge on any atom is -0.458 e. The predicted molar refractivity (Wildman–Crippen MR) is 102 cm³/mol. The van der Waals surface area contributed by atoms with Crippen LogP contribution in [0.2, 0.25) is 0 Å². The summed E-state index contributed by atoms with van der Waals surface area (Å²) in [5.41, 5.74) is -1.90. The van der Waals surface area contributed by atoms with E-state index in [1.807, 2.05) is 0 Å². The summed E-state index contributed by atoms with van der Waals surface area (Å²) in [5, 5.41) is 33.5. The van der Waals surface area contributed by atoms with Crippen LogP contribution in [0.5, 0.6) is 0 Å². The quantitative estimate of drug-likeness (QED) is 0.368. The Morgan fingerprint density at radius 3 is 2.83 bits per heavy atom. The largest absolute Gasteiger partial charge is 0.458 e. The van der Waals surface area contributed by atoms with Gasteiger partial charge in [0.1, 0.15) is 12.1 Å². The number of benzene rings is 1. The van der Waals surface area contributed by atoms with Gasteiger partial charge in [0, 0.05) is 22.6 Å². The fraction of sp³-hybridized carbons (Fsp3) is 0.250. The SMILES string of the molecule is CC[C@@]1(O)C(=O)OCc2c1cc1n(c2=O)C(O)c2cc3cccc([N+](=O)[O-])c3nc2-1. The lowest BCUT2D eigenvalue weighted by molar-refractivity contribution is -0.383. The molecule has 10 nitrogen and oxygen atoms in total. The van der Waals surface area contributed by atoms with E-state index in [1.165, 1.54) is 18.2 Å². The predicted octanol–water partition coefficient (Wildman–Crippen LogP) is 1.48. The van der Waals surface area contributed by atoms with Crippen molar-refractivity contribution in [2.24, 2.45) is 0 Å². The summed E-state index contributed by atoms with van der Waals surface area (Å²) in [5.74, 6) is -0.859. The minimum absolute atomic E-state index is 0.0201. The van der Waals surface area contributed by atoms with E-state index in [4.69, 9.17) is 4.74 Å². The van der Waals surface area contributed by atoms with Crippen LogP contribution >= 0.6 is 0 Å². The average Bonchev–Trinajstić information content (AvgIpc) is 3.00. The molecule has 0 amide bonds. The molecule has 0 aliphatic carbocycles. The van der Waals surface area contributed by atoms with Crippen LogP contribution in [0.3, 0.4) is 0 Å². The van der Waals surface area contributed by atoms with Crippen molar-refractivity contribution in [3.05, 3.63) is 67.5 Å². The fourth-order valence-electron chi connectivity index (χ4n) is 4.19. The van der Waals surface area contributed by atoms with Crippen molar-refractivity contribution in [2.45, 2.75) is 31.8 Å². The zero-order valence-corrected chi connectivity index (χ0v) is 15.7. The van der Waals surface area contributed by atoms with Gasteiger partial charge in [-0.15, -0.1) is 0 Å². The molecule has 4 heterocycles. The van der Waals surface area contributed by atoms with Gasteiger partial charge in [0.2, 0.25) is 0 Å². The molecule has 0 fully saturated rings. The summed E-state index contributed by atoms with van der Waals surface area (Å²) in [6.45, 7) is 1.26. The molecule has 2 aliphatic heterocycles. The van der Waals surface area contributed by atoms with Crippen molar-refractivity contribution in [1.29, 1.82) is 0 Å². The Morgan fingerprint density at radius 1 is 1.37 bits per heavy atom. The number of aromatic nitrogens is 2. The monoisotopic (exact) mass is 409 g/mol. The summed E-state index contributed by atoms with van der Waals surface area (Å²) in [6.07, 6.45) is -1.38. The Kier molecular flexibility index (Phi) is 3.64. The lowest BCUT2D eigenvalue weighted by Gasteiger charge is -2.31. The van der Waals surface area contributed by atoms with Crippen LogP contribution in [0.25, 0.3) is 22.3 Å². The Balaban J connectivity index is 1.86. The third kappa shape index (κ3) is 2.17. The molecule has 0 saturated heterocycles. The van der Waals surface area contributed by atoms with Gasteiger partial charge in [-0.2, -0.15) is 0 Å². The second kappa shape index (κ2) is 5.94. The molecule has 1 unspecified atom stereocenters. The molecule has 2 atom stereocenters. The van der Waals surface area contributed by atoms with Gasteiger partial charge in [0.25, 0.3) is 11.2 Å². The Labute approximate surface area is 168 Å². The van der Waals surface area contributed by atoms with Crippen LogP contribution in [0, 0.1) is 10.1 Å². The van der Waals surface area contributed by atoms with Crippen molar-refractivity contribution in [1.82, 2.24) is 9.55 Å². The van der Waals surface area contributed by atoms with Crippen molar-refractivity contribution in [3.8, 4) is 11.4 Å². The number of ether oxygens (including phenoxy) is 1. The van der Waals surface area contributed by atoms with Crippen LogP contribution in [0.1, 0.15) is 36.3 Å². The maximum absolute atomic E-state index is 13.1. The number of nitrogens with zero attached hydrogens (tertiary/aromatic N) is 3. The van der Waals surface area contributed by atoms with E-state index < -0.39 is 28.3 Å². The first kappa shape index (κ1) is 18.4. The topological polar surface area (TPSA) is 145 Å². The molecule has 2 aliphatic rings. The minimum atomic E-state index is -2.00. The molecular formula is C20H15N3O7. The third-order valence-electron chi connectivity index (χ3n) is 5.80. The van der Waals surface area contributed by atoms with E-state index in [-0.39, 0.29) is 46.7 Å². The number of hydrogen-bond donors (Lipinski definition) is 2. The van der Waals surface area contributed by atoms with Gasteiger partial charge in [-0.1, -0.05) is 19.1 Å². The number of aliphatic hydroxyl groups excluding tert-OH is 1. The number of fused-ring (bicyclic) bond motifs is 5. The number of cyclic esters (lactones) is 1. The summed E-state index contributed by atoms with van der Waals surface area (Å²) in [7, 11) is 0. The van der Waals surface area contributed by atoms with Gasteiger partial charge in [0.05, 0.1) is 21.9 Å². The molecule has 152 valence electrons. The molecule has 3 aromatic rings. The van der Waals surface area contributed by atoms with Crippen LogP contribution in [-0.2, 0) is 21.7 Å². The van der Waals surface area contributed by atoms with E-state index in [2.05, 4.69) is 4.98 Å². The number of carbonyl (C=O) groups excluding carboxylic acids is 1. The molecule has 0 radical (unpaired) electrons. The number of pyridine rings is 2. The Hall–Kier alpha value is -3.63. The number of rotatable bonds is 2. The van der Waals surface area contributed by atoms with Crippen molar-refractivity contribution < 1.29 is 24.7 Å². The maximum Gasteiger partial charge on any atom is 0.343 e. The van der Waals surface area contributed by atoms with Crippen LogP contribution in [-0.4, -0.2) is 30.7 Å². The van der Waals surface area contributed by atoms with Gasteiger partial charge < -0.3 is 14.9 Å². The number of non-ortho nitro benzene ring substituents is 1. The number of aliphatic hydroxyl groups is 2. The summed E-state index contributed by atoms with van der Waals surface area (Å²) in [4.78, 5) is 40.6. The van der Waals surface area contributed by atoms with Crippen molar-refractivity contribution in [3.63, 3.8) is 0 Å². The molecule has 2 N–H and O–H groups in total. The smallest absolute Gasteiger partial charge is 0.343 e. The third-order valence-corrected chi connectivity index (χ3v) is 5.80. The molecule has 0 saturated carbocycles. The first-order valence-electron chi connectivity index (χ1n) is 9.23. The molecule has 2 aromatic heterocycles. The standard InChI is InChI=1S/C20H15N3O7/c1-2-20(27)12-7-14-16-10(6-9-4-3-5-13(23(28)29)15(9)21-16)17(24)22(14)18(25)11(12)8-30-19(20)26/h3-7,17,24,27H,2,8H2,1H3/t17?,20-/m0/s1. The summed E-state index contributed by atoms with van der Waals surface area (Å²) >= 11 is 0. The van der Waals surface area contributed by atoms with Gasteiger partial charge in [-0.05, 0) is 18.6 Å². The van der Waals surface area contributed by atoms with E-state index in [0.29, 0.717) is 10.9 Å². The molecule has 1 aromatic carbocycles. The zero-order valence-electron chi connectivity index (χ0n) is 15.7. The molecular weight excluding hydrogens is 394 g/mol. The highest BCUT2D eigenvalue weighted by atomic mass is 16.6. The van der Waals surface area contributed by atoms with E-state index >= 15 is 0 Å². The van der Waals surface area contributed by atoms with Crippen molar-refractivity contribution >= 4 is 22.6 Å². The maximum atomic E-state index is 13.1. The Morgan fingerprint density at radius 2 is 2.13 bits per heavy atom. The van der Waals surface area contributed by atoms with Crippen LogP contribution < -0.4 is 5.56 Å². The lowest BCUT2D eigenvalue weighted by atomic mass is 9.86. The van der Waals surface area contributed by atoms with Gasteiger partial charge >= 0.3 is 5.97 Å². The number of carbonyl (C=O) groups is 1. The number of esters is 1. The number of nitro groups is 1. The second-order valence-electron chi connectivity index (χ2n) is 7.29. The fourth-order valence-corrected chi connectivity index (χ4v) is 4.19. The molecule has 10 heteroatoms. The highest BCUT2D eigenvalue weighted by molar-refractivity contribution is 5.91. The Bertz CT molecular complexity index is 1350. The molecule has 0 bridgehead atoms. The van der Waals surface area contributed by atoms with Crippen LogP contribution in [0.4, 0.5) is 5.69 Å². The van der Waals surface area contributed by atoms with Gasteiger partial charge in [-0.25, -0.2) is 9.78 Å². The first-order chi connectivity index (χ1) is 14.3. The highest BCUT2D eigenvalue weighted by Crippen LogP contribution is 2.42. The van der Waals surface area contributed by atoms with Gasteiger partial charge in [-0.3, -0.25) is 19.5 Å². The lowest BCUT2D eigenvalue weighted by Crippen LogP contribution is -2.44. The molecule has 0 spiro atoms.